The average molecular weight is 311 g/mol. The molecule has 0 aliphatic rings. The molecule has 2 aromatic heterocycles. The Balaban J connectivity index is 2.22. The molecule has 0 bridgehead atoms. The first-order valence-electron chi connectivity index (χ1n) is 5.72. The second kappa shape index (κ2) is 5.78. The summed E-state index contributed by atoms with van der Waals surface area (Å²) in [6.45, 7) is 1.47. The molecule has 2 heterocycles. The Morgan fingerprint density at radius 1 is 1.45 bits per heavy atom. The van der Waals surface area contributed by atoms with Crippen LogP contribution in [0.3, 0.4) is 0 Å². The van der Waals surface area contributed by atoms with Crippen LogP contribution in [-0.4, -0.2) is 37.0 Å². The molecule has 0 radical (unpaired) electrons. The zero-order chi connectivity index (χ0) is 14.8. The van der Waals surface area contributed by atoms with Crippen molar-refractivity contribution in [3.8, 4) is 10.6 Å². The number of pyridine rings is 1. The molecule has 106 valence electrons. The van der Waals surface area contributed by atoms with Crippen LogP contribution in [0, 0.1) is 6.92 Å². The topological polar surface area (TPSA) is 89.0 Å². The van der Waals surface area contributed by atoms with Crippen molar-refractivity contribution in [2.24, 2.45) is 0 Å². The minimum Gasteiger partial charge on any atom is -0.292 e. The van der Waals surface area contributed by atoms with Crippen molar-refractivity contribution < 1.29 is 13.2 Å². The highest BCUT2D eigenvalue weighted by Crippen LogP contribution is 2.27. The van der Waals surface area contributed by atoms with Crippen molar-refractivity contribution >= 4 is 27.1 Å². The van der Waals surface area contributed by atoms with Gasteiger partial charge in [0.05, 0.1) is 23.4 Å². The molecule has 0 unspecified atom stereocenters. The third kappa shape index (κ3) is 3.69. The molecule has 20 heavy (non-hydrogen) atoms. The lowest BCUT2D eigenvalue weighted by Gasteiger charge is -1.99. The van der Waals surface area contributed by atoms with Crippen LogP contribution >= 0.6 is 11.3 Å². The van der Waals surface area contributed by atoms with Gasteiger partial charge < -0.3 is 0 Å². The number of hydrogen-bond acceptors (Lipinski definition) is 6. The summed E-state index contributed by atoms with van der Waals surface area (Å²) in [5.41, 5.74) is 1.42. The lowest BCUT2D eigenvalue weighted by molar-refractivity contribution is 0.1000. The van der Waals surface area contributed by atoms with Crippen LogP contribution < -0.4 is 4.72 Å². The second-order valence-corrected chi connectivity index (χ2v) is 7.02. The first-order chi connectivity index (χ1) is 9.37. The van der Waals surface area contributed by atoms with Crippen LogP contribution in [0.5, 0.6) is 0 Å². The molecule has 0 saturated carbocycles. The van der Waals surface area contributed by atoms with Gasteiger partial charge in [-0.1, -0.05) is 0 Å². The van der Waals surface area contributed by atoms with Gasteiger partial charge in [-0.25, -0.2) is 18.1 Å². The zero-order valence-corrected chi connectivity index (χ0v) is 12.6. The molecule has 0 fully saturated rings. The SMILES string of the molecule is Cc1nc(-c2cccnc2)sc1C(=O)CNS(C)(=O)=O. The van der Waals surface area contributed by atoms with E-state index in [-0.39, 0.29) is 12.3 Å². The van der Waals surface area contributed by atoms with Gasteiger partial charge in [0.2, 0.25) is 10.0 Å². The van der Waals surface area contributed by atoms with Gasteiger partial charge in [-0.05, 0) is 19.1 Å². The first kappa shape index (κ1) is 14.8. The van der Waals surface area contributed by atoms with E-state index < -0.39 is 10.0 Å². The van der Waals surface area contributed by atoms with Gasteiger partial charge in [-0.15, -0.1) is 11.3 Å². The van der Waals surface area contributed by atoms with E-state index in [2.05, 4.69) is 14.7 Å². The molecule has 0 amide bonds. The monoisotopic (exact) mass is 311 g/mol. The van der Waals surface area contributed by atoms with Crippen molar-refractivity contribution in [1.82, 2.24) is 14.7 Å². The van der Waals surface area contributed by atoms with Crippen LogP contribution in [0.15, 0.2) is 24.5 Å². The highest BCUT2D eigenvalue weighted by molar-refractivity contribution is 7.88. The minimum atomic E-state index is -3.38. The van der Waals surface area contributed by atoms with E-state index in [1.807, 2.05) is 6.07 Å². The van der Waals surface area contributed by atoms with E-state index in [1.54, 1.807) is 25.4 Å². The summed E-state index contributed by atoms with van der Waals surface area (Å²) in [5.74, 6) is -0.291. The van der Waals surface area contributed by atoms with Gasteiger partial charge in [0.25, 0.3) is 0 Å². The molecule has 0 aliphatic carbocycles. The molecule has 0 aliphatic heterocycles. The number of nitrogens with zero attached hydrogens (tertiary/aromatic N) is 2. The number of aromatic nitrogens is 2. The predicted molar refractivity (Wildman–Crippen MR) is 77.3 cm³/mol. The second-order valence-electron chi connectivity index (χ2n) is 4.19. The highest BCUT2D eigenvalue weighted by Gasteiger charge is 2.17. The number of sulfonamides is 1. The van der Waals surface area contributed by atoms with Gasteiger partial charge in [0.1, 0.15) is 5.01 Å². The van der Waals surface area contributed by atoms with Crippen LogP contribution in [0.25, 0.3) is 10.6 Å². The van der Waals surface area contributed by atoms with Crippen LogP contribution in [-0.2, 0) is 10.0 Å². The fourth-order valence-corrected chi connectivity index (χ4v) is 2.93. The van der Waals surface area contributed by atoms with Crippen molar-refractivity contribution in [2.75, 3.05) is 12.8 Å². The van der Waals surface area contributed by atoms with Crippen molar-refractivity contribution in [3.05, 3.63) is 35.1 Å². The van der Waals surface area contributed by atoms with Crippen molar-refractivity contribution in [2.45, 2.75) is 6.92 Å². The van der Waals surface area contributed by atoms with E-state index in [4.69, 9.17) is 0 Å². The molecular weight excluding hydrogens is 298 g/mol. The predicted octanol–water partition coefficient (Wildman–Crippen LogP) is 1.25. The Labute approximate surface area is 121 Å². The number of thiazole rings is 1. The van der Waals surface area contributed by atoms with Crippen LogP contribution in [0.2, 0.25) is 0 Å². The number of hydrogen-bond donors (Lipinski definition) is 1. The number of ketones is 1. The molecule has 8 heteroatoms. The maximum absolute atomic E-state index is 12.0. The first-order valence-corrected chi connectivity index (χ1v) is 8.43. The van der Waals surface area contributed by atoms with Crippen molar-refractivity contribution in [1.29, 1.82) is 0 Å². The number of nitrogens with one attached hydrogen (secondary N) is 1. The lowest BCUT2D eigenvalue weighted by Crippen LogP contribution is -2.28. The average Bonchev–Trinajstić information content (AvgIpc) is 2.78. The Hall–Kier alpha value is -1.64. The molecule has 0 aromatic carbocycles. The zero-order valence-electron chi connectivity index (χ0n) is 11.0. The number of rotatable bonds is 5. The maximum atomic E-state index is 12.0. The summed E-state index contributed by atoms with van der Waals surface area (Å²) in [7, 11) is -3.38. The quantitative estimate of drug-likeness (QED) is 0.839. The summed E-state index contributed by atoms with van der Waals surface area (Å²) in [6.07, 6.45) is 4.34. The standard InChI is InChI=1S/C12H13N3O3S2/c1-8-11(10(16)7-14-20(2,17)18)19-12(15-8)9-4-3-5-13-6-9/h3-6,14H,7H2,1-2H3. The fourth-order valence-electron chi connectivity index (χ4n) is 1.54. The molecular formula is C12H13N3O3S2. The number of carbonyl (C=O) groups is 1. The van der Waals surface area contributed by atoms with E-state index in [9.17, 15) is 13.2 Å². The van der Waals surface area contributed by atoms with Gasteiger partial charge in [0, 0.05) is 18.0 Å². The minimum absolute atomic E-state index is 0.256. The van der Waals surface area contributed by atoms with E-state index in [0.29, 0.717) is 15.6 Å². The van der Waals surface area contributed by atoms with E-state index >= 15 is 0 Å². The fraction of sp³-hybridized carbons (Fsp3) is 0.250. The molecule has 0 atom stereocenters. The van der Waals surface area contributed by atoms with E-state index in [1.165, 1.54) is 11.3 Å². The smallest absolute Gasteiger partial charge is 0.209 e. The summed E-state index contributed by atoms with van der Waals surface area (Å²) < 4.78 is 24.2. The molecule has 2 rings (SSSR count). The van der Waals surface area contributed by atoms with Crippen molar-refractivity contribution in [3.63, 3.8) is 0 Å². The summed E-state index contributed by atoms with van der Waals surface area (Å²) in [4.78, 5) is 20.8. The van der Waals surface area contributed by atoms with Crippen LogP contribution in [0.4, 0.5) is 0 Å². The Bertz CT molecular complexity index is 724. The van der Waals surface area contributed by atoms with Gasteiger partial charge in [-0.3, -0.25) is 9.78 Å². The van der Waals surface area contributed by atoms with Gasteiger partial charge in [0.15, 0.2) is 5.78 Å². The number of Topliss-reactive ketones (excluding diaryl/α,β-unsaturated/α-hetero) is 1. The molecule has 0 spiro atoms. The Morgan fingerprint density at radius 2 is 2.20 bits per heavy atom. The maximum Gasteiger partial charge on any atom is 0.209 e. The highest BCUT2D eigenvalue weighted by atomic mass is 32.2. The van der Waals surface area contributed by atoms with Gasteiger partial charge >= 0.3 is 0 Å². The summed E-state index contributed by atoms with van der Waals surface area (Å²) in [5, 5.41) is 0.693. The summed E-state index contributed by atoms with van der Waals surface area (Å²) in [6, 6.07) is 3.65. The number of carbonyl (C=O) groups excluding carboxylic acids is 1. The Kier molecular flexibility index (Phi) is 4.26. The lowest BCUT2D eigenvalue weighted by atomic mass is 10.3. The number of aryl methyl sites for hydroxylation is 1. The van der Waals surface area contributed by atoms with Gasteiger partial charge in [-0.2, -0.15) is 0 Å². The van der Waals surface area contributed by atoms with E-state index in [0.717, 1.165) is 11.8 Å². The largest absolute Gasteiger partial charge is 0.292 e. The molecule has 6 nitrogen and oxygen atoms in total. The molecule has 0 saturated heterocycles. The molecule has 1 N–H and O–H groups in total. The molecule has 2 aromatic rings. The normalized spacial score (nSPS) is 11.5. The Morgan fingerprint density at radius 3 is 2.80 bits per heavy atom. The third-order valence-electron chi connectivity index (χ3n) is 2.45. The summed E-state index contributed by atoms with van der Waals surface area (Å²) >= 11 is 1.24. The third-order valence-corrected chi connectivity index (χ3v) is 4.37. The van der Waals surface area contributed by atoms with Crippen LogP contribution in [0.1, 0.15) is 15.4 Å².